The Morgan fingerprint density at radius 1 is 0.886 bits per heavy atom. The molecule has 0 bridgehead atoms. The Kier molecular flexibility index (Phi) is 20.7. The maximum absolute atomic E-state index is 14.0. The molecule has 0 aromatic heterocycles. The fourth-order valence-corrected chi connectivity index (χ4v) is 16.0. The number of nitrogens with zero attached hydrogens (tertiary/aromatic N) is 2. The van der Waals surface area contributed by atoms with Crippen molar-refractivity contribution in [3.05, 3.63) is 47.5 Å². The van der Waals surface area contributed by atoms with Crippen molar-refractivity contribution in [1.82, 2.24) is 26.2 Å². The lowest BCUT2D eigenvalue weighted by molar-refractivity contribution is -0.243. The van der Waals surface area contributed by atoms with Gasteiger partial charge in [-0.2, -0.15) is 11.8 Å². The Balaban J connectivity index is 0.627. The number of benzene rings is 1. The van der Waals surface area contributed by atoms with Gasteiger partial charge < -0.3 is 55.2 Å². The molecule has 21 heteroatoms. The Labute approximate surface area is 468 Å². The van der Waals surface area contributed by atoms with Crippen molar-refractivity contribution in [3.63, 3.8) is 0 Å². The van der Waals surface area contributed by atoms with Crippen LogP contribution in [0.3, 0.4) is 0 Å². The van der Waals surface area contributed by atoms with Crippen molar-refractivity contribution >= 4 is 59.1 Å². The molecule has 13 unspecified atom stereocenters. The van der Waals surface area contributed by atoms with Crippen molar-refractivity contribution in [2.24, 2.45) is 39.5 Å². The molecule has 1 aromatic rings. The van der Waals surface area contributed by atoms with Gasteiger partial charge in [-0.05, 0) is 119 Å². The number of urea groups is 1. The number of aliphatic hydroxyl groups excluding tert-OH is 1. The first-order valence-corrected chi connectivity index (χ1v) is 29.9. The van der Waals surface area contributed by atoms with Gasteiger partial charge in [0.05, 0.1) is 56.8 Å². The fraction of sp³-hybridized carbons (Fsp3) is 0.724. The summed E-state index contributed by atoms with van der Waals surface area (Å²) in [5.74, 6) is -0.800. The van der Waals surface area contributed by atoms with E-state index in [0.29, 0.717) is 82.3 Å². The molecule has 13 atom stereocenters. The number of carbonyl (C=O) groups excluding carboxylic acids is 7. The molecule has 0 spiro atoms. The van der Waals surface area contributed by atoms with Gasteiger partial charge in [-0.3, -0.25) is 33.9 Å². The zero-order chi connectivity index (χ0) is 56.3. The van der Waals surface area contributed by atoms with Crippen molar-refractivity contribution in [2.45, 2.75) is 159 Å². The number of imide groups is 1. The second-order valence-electron chi connectivity index (χ2n) is 23.2. The van der Waals surface area contributed by atoms with E-state index in [1.54, 1.807) is 36.9 Å². The molecular formula is C58H84N6O14S. The second kappa shape index (κ2) is 27.2. The highest BCUT2D eigenvalue weighted by Crippen LogP contribution is 2.70. The van der Waals surface area contributed by atoms with Gasteiger partial charge >= 0.3 is 18.0 Å². The number of amides is 6. The molecule has 3 aliphatic heterocycles. The summed E-state index contributed by atoms with van der Waals surface area (Å²) >= 11 is 1.72. The number of ether oxygens (including phenoxy) is 5. The standard InChI is InChI=1S/C58H84N6O14S/c1-5-77-50(69)18-15-36(2)61-52(37-11-7-6-8-12-37)54(71)64-44-35-79-45(53(44)63-55(64)72)13-9-10-14-47(66)59-23-25-74-27-28-75-26-24-60-48(67)33-76-34-49(68)62-40-19-21-56(3)39(30-40)16-17-42-43(56)31-46(65)57(4)41(20-22-58(42,57)73)38-29-51(70)78-32-38/h6-8,11-12,29,36,39-46,53,65,73H,5,9-10,13-28,30-35H2,1-4H3,(H,59,66)(H,60,67)(H,62,68)(H,63,72). The number of nitrogens with one attached hydrogen (secondary N) is 4. The Hall–Kier alpha value is -4.93. The van der Waals surface area contributed by atoms with E-state index >= 15 is 0 Å². The van der Waals surface area contributed by atoms with Gasteiger partial charge in [0.2, 0.25) is 17.7 Å². The molecule has 3 heterocycles. The first-order chi connectivity index (χ1) is 38.0. The highest BCUT2D eigenvalue weighted by molar-refractivity contribution is 8.00. The third-order valence-corrected chi connectivity index (χ3v) is 20.1. The SMILES string of the molecule is CCOC(=O)CCC(C)N=C(C(=O)N1C(=O)NC2C(CCCCC(=O)NCCOCCOCCNC(=O)COCC(=O)NC3CCC4(C)C(CCC5C4CC(O)C4(C)C(C6=CC(=O)OC6)CCC54O)C3)SCC21)c1ccccc1. The maximum Gasteiger partial charge on any atom is 0.331 e. The maximum atomic E-state index is 14.0. The summed E-state index contributed by atoms with van der Waals surface area (Å²) in [6.45, 7) is 9.76. The predicted octanol–water partition coefficient (Wildman–Crippen LogP) is 4.17. The highest BCUT2D eigenvalue weighted by atomic mass is 32.2. The lowest BCUT2D eigenvalue weighted by Crippen LogP contribution is -2.67. The monoisotopic (exact) mass is 1120 g/mol. The van der Waals surface area contributed by atoms with E-state index < -0.39 is 29.1 Å². The molecule has 4 saturated carbocycles. The van der Waals surface area contributed by atoms with Gasteiger partial charge in [0.25, 0.3) is 5.91 Å². The number of cyclic esters (lactones) is 1. The molecule has 4 aliphatic carbocycles. The van der Waals surface area contributed by atoms with Crippen LogP contribution in [0, 0.1) is 34.5 Å². The van der Waals surface area contributed by atoms with Crippen molar-refractivity contribution in [2.75, 3.05) is 71.7 Å². The van der Waals surface area contributed by atoms with E-state index in [1.807, 2.05) is 32.0 Å². The van der Waals surface area contributed by atoms with Crippen LogP contribution in [0.4, 0.5) is 4.79 Å². The zero-order valence-corrected chi connectivity index (χ0v) is 47.3. The van der Waals surface area contributed by atoms with E-state index in [0.717, 1.165) is 56.9 Å². The molecule has 0 radical (unpaired) electrons. The average Bonchev–Trinajstić information content (AvgIpc) is 2.89. The van der Waals surface area contributed by atoms with E-state index in [2.05, 4.69) is 28.2 Å². The normalized spacial score (nSPS) is 32.1. The molecule has 436 valence electrons. The van der Waals surface area contributed by atoms with Gasteiger partial charge in [0, 0.05) is 66.1 Å². The highest BCUT2D eigenvalue weighted by Gasteiger charge is 2.71. The molecular weight excluding hydrogens is 1040 g/mol. The van der Waals surface area contributed by atoms with Crippen LogP contribution in [0.2, 0.25) is 0 Å². The number of hydrogen-bond acceptors (Lipinski definition) is 16. The van der Waals surface area contributed by atoms with Gasteiger partial charge in [-0.15, -0.1) is 0 Å². The summed E-state index contributed by atoms with van der Waals surface area (Å²) in [4.78, 5) is 95.1. The van der Waals surface area contributed by atoms with Crippen LogP contribution < -0.4 is 21.3 Å². The minimum absolute atomic E-state index is 0.0203. The van der Waals surface area contributed by atoms with Crippen LogP contribution in [0.1, 0.15) is 123 Å². The topological polar surface area (TPSA) is 270 Å². The van der Waals surface area contributed by atoms with Crippen molar-refractivity contribution < 1.29 is 67.5 Å². The lowest BCUT2D eigenvalue weighted by atomic mass is 9.42. The average molecular weight is 1120 g/mol. The van der Waals surface area contributed by atoms with E-state index in [-0.39, 0.29) is 127 Å². The molecule has 2 saturated heterocycles. The number of fused-ring (bicyclic) bond motifs is 6. The summed E-state index contributed by atoms with van der Waals surface area (Å²) in [5, 5.41) is 36.2. The minimum atomic E-state index is -1.03. The molecule has 6 amide bonds. The fourth-order valence-electron chi connectivity index (χ4n) is 14.4. The largest absolute Gasteiger partial charge is 0.466 e. The quantitative estimate of drug-likeness (QED) is 0.0313. The summed E-state index contributed by atoms with van der Waals surface area (Å²) in [6, 6.07) is 7.70. The number of aliphatic imine (C=N–C) groups is 1. The molecule has 1 aromatic carbocycles. The Morgan fingerprint density at radius 3 is 2.34 bits per heavy atom. The summed E-state index contributed by atoms with van der Waals surface area (Å²) in [7, 11) is 0. The van der Waals surface area contributed by atoms with E-state index in [4.69, 9.17) is 28.7 Å². The van der Waals surface area contributed by atoms with Crippen LogP contribution in [0.15, 0.2) is 47.0 Å². The number of thioether (sulfide) groups is 1. The number of hydrogen-bond donors (Lipinski definition) is 6. The van der Waals surface area contributed by atoms with Crippen LogP contribution in [0.5, 0.6) is 0 Å². The van der Waals surface area contributed by atoms with Gasteiger partial charge in [0.15, 0.2) is 0 Å². The smallest absolute Gasteiger partial charge is 0.331 e. The lowest BCUT2D eigenvalue weighted by Gasteiger charge is -2.65. The van der Waals surface area contributed by atoms with Gasteiger partial charge in [-0.25, -0.2) is 9.59 Å². The van der Waals surface area contributed by atoms with Crippen LogP contribution >= 0.6 is 11.8 Å². The number of aliphatic hydroxyl groups is 2. The first kappa shape index (κ1) is 60.2. The number of carbonyl (C=O) groups is 7. The third-order valence-electron chi connectivity index (χ3n) is 18.6. The minimum Gasteiger partial charge on any atom is -0.466 e. The summed E-state index contributed by atoms with van der Waals surface area (Å²) in [5.41, 5.74) is -0.189. The number of rotatable bonds is 27. The molecule has 6 fully saturated rings. The van der Waals surface area contributed by atoms with E-state index in [9.17, 15) is 43.8 Å². The second-order valence-corrected chi connectivity index (χ2v) is 24.5. The Morgan fingerprint density at radius 2 is 1.62 bits per heavy atom. The summed E-state index contributed by atoms with van der Waals surface area (Å²) in [6.07, 6.45) is 10.2. The number of unbranched alkanes of at least 4 members (excludes halogenated alkanes) is 1. The molecule has 6 N–H and O–H groups in total. The van der Waals surface area contributed by atoms with E-state index in [1.165, 1.54) is 4.90 Å². The predicted molar refractivity (Wildman–Crippen MR) is 293 cm³/mol. The van der Waals surface area contributed by atoms with Crippen LogP contribution in [-0.2, 0) is 52.5 Å². The Bertz CT molecular complexity index is 2410. The van der Waals surface area contributed by atoms with Crippen LogP contribution in [-0.4, -0.2) is 175 Å². The summed E-state index contributed by atoms with van der Waals surface area (Å²) < 4.78 is 26.9. The first-order valence-electron chi connectivity index (χ1n) is 28.8. The van der Waals surface area contributed by atoms with Gasteiger partial charge in [0.1, 0.15) is 25.5 Å². The zero-order valence-electron chi connectivity index (χ0n) is 46.5. The van der Waals surface area contributed by atoms with Crippen molar-refractivity contribution in [1.29, 1.82) is 0 Å². The van der Waals surface area contributed by atoms with Crippen LogP contribution in [0.25, 0.3) is 0 Å². The molecule has 20 nitrogen and oxygen atoms in total. The van der Waals surface area contributed by atoms with Gasteiger partial charge in [-0.1, -0.05) is 50.6 Å². The third kappa shape index (κ3) is 13.9. The number of esters is 2. The van der Waals surface area contributed by atoms with Crippen molar-refractivity contribution in [3.8, 4) is 0 Å². The molecule has 8 rings (SSSR count). The molecule has 79 heavy (non-hydrogen) atoms. The molecule has 7 aliphatic rings.